The molecular formula is C13H21ClN2O2. The Morgan fingerprint density at radius 2 is 2.17 bits per heavy atom. The normalized spacial score (nSPS) is 9.67. The number of rotatable bonds is 7. The van der Waals surface area contributed by atoms with Crippen LogP contribution in [0.1, 0.15) is 12.5 Å². The molecule has 1 aromatic carbocycles. The first-order chi connectivity index (χ1) is 8.26. The van der Waals surface area contributed by atoms with Gasteiger partial charge < -0.3 is 15.4 Å². The number of carbonyl (C=O) groups excluding carboxylic acids is 1. The third kappa shape index (κ3) is 6.59. The third-order valence-electron chi connectivity index (χ3n) is 2.39. The number of ether oxygens (including phenoxy) is 1. The lowest BCUT2D eigenvalue weighted by Gasteiger charge is -2.07. The van der Waals surface area contributed by atoms with Crippen molar-refractivity contribution in [1.82, 2.24) is 5.32 Å². The topological polar surface area (TPSA) is 50.4 Å². The van der Waals surface area contributed by atoms with Gasteiger partial charge in [-0.15, -0.1) is 12.4 Å². The van der Waals surface area contributed by atoms with E-state index in [1.54, 1.807) is 7.11 Å². The van der Waals surface area contributed by atoms with Crippen LogP contribution >= 0.6 is 12.4 Å². The number of anilines is 1. The Labute approximate surface area is 115 Å². The van der Waals surface area contributed by atoms with Crippen molar-refractivity contribution in [2.75, 3.05) is 32.1 Å². The van der Waals surface area contributed by atoms with Crippen molar-refractivity contribution in [2.24, 2.45) is 0 Å². The summed E-state index contributed by atoms with van der Waals surface area (Å²) in [5.74, 6) is -0.0330. The smallest absolute Gasteiger partial charge is 0.238 e. The van der Waals surface area contributed by atoms with Gasteiger partial charge in [0.25, 0.3) is 0 Å². The standard InChI is InChI=1S/C13H20N2O2.ClH/c1-3-11-5-4-6-12(9-11)15-13(16)10-14-7-8-17-2;/h4-6,9,14H,3,7-8,10H2,1-2H3,(H,15,16);1H. The van der Waals surface area contributed by atoms with Crippen molar-refractivity contribution in [2.45, 2.75) is 13.3 Å². The van der Waals surface area contributed by atoms with Crippen molar-refractivity contribution >= 4 is 24.0 Å². The van der Waals surface area contributed by atoms with Crippen LogP contribution in [0.3, 0.4) is 0 Å². The van der Waals surface area contributed by atoms with Crippen LogP contribution in [-0.4, -0.2) is 32.7 Å². The molecule has 0 aliphatic heterocycles. The van der Waals surface area contributed by atoms with E-state index in [0.29, 0.717) is 19.7 Å². The zero-order valence-electron chi connectivity index (χ0n) is 10.9. The number of hydrogen-bond donors (Lipinski definition) is 2. The van der Waals surface area contributed by atoms with Gasteiger partial charge in [0.15, 0.2) is 0 Å². The van der Waals surface area contributed by atoms with Crippen LogP contribution in [0.5, 0.6) is 0 Å². The summed E-state index contributed by atoms with van der Waals surface area (Å²) >= 11 is 0. The highest BCUT2D eigenvalue weighted by Crippen LogP contribution is 2.10. The van der Waals surface area contributed by atoms with Gasteiger partial charge in [-0.2, -0.15) is 0 Å². The molecule has 0 unspecified atom stereocenters. The van der Waals surface area contributed by atoms with Crippen molar-refractivity contribution in [3.8, 4) is 0 Å². The Hall–Kier alpha value is -1.10. The molecule has 0 bridgehead atoms. The van der Waals surface area contributed by atoms with Crippen LogP contribution in [0.4, 0.5) is 5.69 Å². The molecular weight excluding hydrogens is 252 g/mol. The van der Waals surface area contributed by atoms with Gasteiger partial charge >= 0.3 is 0 Å². The van der Waals surface area contributed by atoms with E-state index in [1.165, 1.54) is 5.56 Å². The van der Waals surface area contributed by atoms with E-state index >= 15 is 0 Å². The predicted molar refractivity (Wildman–Crippen MR) is 76.4 cm³/mol. The van der Waals surface area contributed by atoms with E-state index in [9.17, 15) is 4.79 Å². The number of hydrogen-bond acceptors (Lipinski definition) is 3. The Bertz CT molecular complexity index is 359. The second-order valence-corrected chi connectivity index (χ2v) is 3.77. The lowest BCUT2D eigenvalue weighted by molar-refractivity contribution is -0.115. The van der Waals surface area contributed by atoms with Gasteiger partial charge in [-0.3, -0.25) is 4.79 Å². The van der Waals surface area contributed by atoms with E-state index in [0.717, 1.165) is 12.1 Å². The minimum Gasteiger partial charge on any atom is -0.383 e. The lowest BCUT2D eigenvalue weighted by atomic mass is 10.1. The summed E-state index contributed by atoms with van der Waals surface area (Å²) in [7, 11) is 1.64. The fourth-order valence-electron chi connectivity index (χ4n) is 1.45. The molecule has 0 saturated heterocycles. The Balaban J connectivity index is 0.00000289. The number of carbonyl (C=O) groups is 1. The first-order valence-electron chi connectivity index (χ1n) is 5.84. The maximum Gasteiger partial charge on any atom is 0.238 e. The van der Waals surface area contributed by atoms with Crippen molar-refractivity contribution in [3.05, 3.63) is 29.8 Å². The predicted octanol–water partition coefficient (Wildman–Crippen LogP) is 1.85. The molecule has 0 fully saturated rings. The molecule has 18 heavy (non-hydrogen) atoms. The number of halogens is 1. The lowest BCUT2D eigenvalue weighted by Crippen LogP contribution is -2.30. The van der Waals surface area contributed by atoms with Gasteiger partial charge in [-0.05, 0) is 24.1 Å². The highest BCUT2D eigenvalue weighted by molar-refractivity contribution is 5.92. The minimum atomic E-state index is -0.0330. The first kappa shape index (κ1) is 16.9. The Kier molecular flexibility index (Phi) is 9.28. The quantitative estimate of drug-likeness (QED) is 0.745. The van der Waals surface area contributed by atoms with Gasteiger partial charge in [0.05, 0.1) is 13.2 Å². The number of nitrogens with one attached hydrogen (secondary N) is 2. The zero-order chi connectivity index (χ0) is 12.5. The van der Waals surface area contributed by atoms with Crippen LogP contribution in [0, 0.1) is 0 Å². The fraction of sp³-hybridized carbons (Fsp3) is 0.462. The SMILES string of the molecule is CCc1cccc(NC(=O)CNCCOC)c1.Cl. The summed E-state index contributed by atoms with van der Waals surface area (Å²) < 4.78 is 4.88. The molecule has 0 aliphatic rings. The molecule has 1 rings (SSSR count). The largest absolute Gasteiger partial charge is 0.383 e. The third-order valence-corrected chi connectivity index (χ3v) is 2.39. The Morgan fingerprint density at radius 3 is 2.83 bits per heavy atom. The molecule has 4 nitrogen and oxygen atoms in total. The second kappa shape index (κ2) is 9.88. The number of amides is 1. The molecule has 0 heterocycles. The van der Waals surface area contributed by atoms with E-state index < -0.39 is 0 Å². The summed E-state index contributed by atoms with van der Waals surface area (Å²) in [5, 5.41) is 5.85. The van der Waals surface area contributed by atoms with Gasteiger partial charge in [0.2, 0.25) is 5.91 Å². The molecule has 0 aliphatic carbocycles. The zero-order valence-corrected chi connectivity index (χ0v) is 11.7. The van der Waals surface area contributed by atoms with Crippen LogP contribution in [-0.2, 0) is 16.0 Å². The molecule has 2 N–H and O–H groups in total. The second-order valence-electron chi connectivity index (χ2n) is 3.77. The summed E-state index contributed by atoms with van der Waals surface area (Å²) in [4.78, 5) is 11.6. The van der Waals surface area contributed by atoms with E-state index in [1.807, 2.05) is 24.3 Å². The van der Waals surface area contributed by atoms with E-state index in [4.69, 9.17) is 4.74 Å². The molecule has 0 saturated carbocycles. The molecule has 5 heteroatoms. The highest BCUT2D eigenvalue weighted by atomic mass is 35.5. The fourth-order valence-corrected chi connectivity index (χ4v) is 1.45. The van der Waals surface area contributed by atoms with Crippen LogP contribution < -0.4 is 10.6 Å². The summed E-state index contributed by atoms with van der Waals surface area (Å²) in [5.41, 5.74) is 2.07. The average molecular weight is 273 g/mol. The van der Waals surface area contributed by atoms with Crippen LogP contribution in [0.25, 0.3) is 0 Å². The molecule has 102 valence electrons. The van der Waals surface area contributed by atoms with Crippen LogP contribution in [0.15, 0.2) is 24.3 Å². The summed E-state index contributed by atoms with van der Waals surface area (Å²) in [6, 6.07) is 7.89. The van der Waals surface area contributed by atoms with Gasteiger partial charge in [0, 0.05) is 19.3 Å². The molecule has 0 radical (unpaired) electrons. The Morgan fingerprint density at radius 1 is 1.39 bits per heavy atom. The molecule has 1 aromatic rings. The van der Waals surface area contributed by atoms with E-state index in [2.05, 4.69) is 17.6 Å². The maximum atomic E-state index is 11.6. The minimum absolute atomic E-state index is 0. The highest BCUT2D eigenvalue weighted by Gasteiger charge is 2.01. The van der Waals surface area contributed by atoms with Crippen molar-refractivity contribution in [1.29, 1.82) is 0 Å². The number of methoxy groups -OCH3 is 1. The van der Waals surface area contributed by atoms with Crippen molar-refractivity contribution < 1.29 is 9.53 Å². The first-order valence-corrected chi connectivity index (χ1v) is 5.84. The molecule has 0 atom stereocenters. The number of benzene rings is 1. The van der Waals surface area contributed by atoms with Gasteiger partial charge in [-0.1, -0.05) is 19.1 Å². The summed E-state index contributed by atoms with van der Waals surface area (Å²) in [6.45, 7) is 3.68. The molecule has 1 amide bonds. The average Bonchev–Trinajstić information content (AvgIpc) is 2.35. The van der Waals surface area contributed by atoms with Crippen LogP contribution in [0.2, 0.25) is 0 Å². The monoisotopic (exact) mass is 272 g/mol. The van der Waals surface area contributed by atoms with Gasteiger partial charge in [0.1, 0.15) is 0 Å². The van der Waals surface area contributed by atoms with Crippen molar-refractivity contribution in [3.63, 3.8) is 0 Å². The van der Waals surface area contributed by atoms with Gasteiger partial charge in [-0.25, -0.2) is 0 Å². The summed E-state index contributed by atoms with van der Waals surface area (Å²) in [6.07, 6.45) is 0.968. The van der Waals surface area contributed by atoms with E-state index in [-0.39, 0.29) is 18.3 Å². The molecule has 0 spiro atoms. The molecule has 0 aromatic heterocycles. The number of aryl methyl sites for hydroxylation is 1. The maximum absolute atomic E-state index is 11.6.